The van der Waals surface area contributed by atoms with Crippen LogP contribution < -0.4 is 10.1 Å². The van der Waals surface area contributed by atoms with Crippen LogP contribution in [0.5, 0.6) is 5.75 Å². The van der Waals surface area contributed by atoms with E-state index in [9.17, 15) is 4.79 Å². The fourth-order valence-electron chi connectivity index (χ4n) is 3.12. The number of fused-ring (bicyclic) bond motifs is 2. The molecule has 3 heterocycles. The maximum Gasteiger partial charge on any atom is 0.230 e. The summed E-state index contributed by atoms with van der Waals surface area (Å²) in [6, 6.07) is 7.88. The van der Waals surface area contributed by atoms with Gasteiger partial charge in [-0.2, -0.15) is 0 Å². The molecule has 134 valence electrons. The molecule has 0 radical (unpaired) electrons. The number of hydrogen-bond donors (Lipinski definition) is 1. The Balaban J connectivity index is 1.46. The van der Waals surface area contributed by atoms with Crippen LogP contribution >= 0.6 is 23.1 Å². The van der Waals surface area contributed by atoms with E-state index in [1.54, 1.807) is 17.7 Å². The van der Waals surface area contributed by atoms with Crippen LogP contribution in [0.15, 0.2) is 35.6 Å². The Kier molecular flexibility index (Phi) is 4.82. The first-order chi connectivity index (χ1) is 12.6. The molecule has 1 N–H and O–H groups in total. The Morgan fingerprint density at radius 1 is 1.35 bits per heavy atom. The third kappa shape index (κ3) is 3.29. The second kappa shape index (κ2) is 7.25. The Bertz CT molecular complexity index is 971. The molecule has 1 atom stereocenters. The highest BCUT2D eigenvalue weighted by molar-refractivity contribution is 8.00. The Morgan fingerprint density at radius 2 is 2.19 bits per heavy atom. The molecule has 3 aromatic rings. The van der Waals surface area contributed by atoms with Crippen molar-refractivity contribution in [3.8, 4) is 5.75 Å². The molecule has 1 aliphatic heterocycles. The van der Waals surface area contributed by atoms with Crippen molar-refractivity contribution in [1.82, 2.24) is 15.3 Å². The summed E-state index contributed by atoms with van der Waals surface area (Å²) in [6.45, 7) is 4.79. The highest BCUT2D eigenvalue weighted by atomic mass is 32.2. The van der Waals surface area contributed by atoms with Crippen molar-refractivity contribution >= 4 is 39.2 Å². The van der Waals surface area contributed by atoms with E-state index in [-0.39, 0.29) is 11.9 Å². The summed E-state index contributed by atoms with van der Waals surface area (Å²) in [5.74, 6) is 1.20. The van der Waals surface area contributed by atoms with Gasteiger partial charge in [0.15, 0.2) is 0 Å². The molecule has 0 bridgehead atoms. The van der Waals surface area contributed by atoms with Crippen LogP contribution in [0.1, 0.15) is 28.5 Å². The van der Waals surface area contributed by atoms with E-state index in [0.717, 1.165) is 33.0 Å². The SMILES string of the molecule is Cc1sc2ncnc(SCC(=O)NC3CCOc4ccccc43)c2c1C. The number of nitrogens with one attached hydrogen (secondary N) is 1. The van der Waals surface area contributed by atoms with Crippen molar-refractivity contribution in [3.05, 3.63) is 46.6 Å². The van der Waals surface area contributed by atoms with Crippen molar-refractivity contribution in [2.45, 2.75) is 31.3 Å². The number of carbonyl (C=O) groups is 1. The average Bonchev–Trinajstić information content (AvgIpc) is 2.95. The number of aryl methyl sites for hydroxylation is 2. The van der Waals surface area contributed by atoms with Crippen molar-refractivity contribution in [3.63, 3.8) is 0 Å². The zero-order valence-corrected chi connectivity index (χ0v) is 16.2. The lowest BCUT2D eigenvalue weighted by Crippen LogP contribution is -2.33. The maximum atomic E-state index is 12.5. The van der Waals surface area contributed by atoms with Crippen LogP contribution in [0.4, 0.5) is 0 Å². The molecule has 1 unspecified atom stereocenters. The highest BCUT2D eigenvalue weighted by Crippen LogP contribution is 2.35. The molecule has 7 heteroatoms. The normalized spacial score (nSPS) is 16.2. The van der Waals surface area contributed by atoms with E-state index in [1.807, 2.05) is 24.3 Å². The topological polar surface area (TPSA) is 64.1 Å². The third-order valence-corrected chi connectivity index (χ3v) is 6.67. The number of hydrogen-bond acceptors (Lipinski definition) is 6. The quantitative estimate of drug-likeness (QED) is 0.542. The van der Waals surface area contributed by atoms with Gasteiger partial charge in [-0.25, -0.2) is 9.97 Å². The Labute approximate surface area is 160 Å². The summed E-state index contributed by atoms with van der Waals surface area (Å²) in [5, 5.41) is 5.08. The van der Waals surface area contributed by atoms with Crippen LogP contribution in [0.2, 0.25) is 0 Å². The van der Waals surface area contributed by atoms with Gasteiger partial charge >= 0.3 is 0 Å². The van der Waals surface area contributed by atoms with Crippen LogP contribution in [-0.4, -0.2) is 28.2 Å². The summed E-state index contributed by atoms with van der Waals surface area (Å²) in [4.78, 5) is 23.5. The molecule has 0 spiro atoms. The smallest absolute Gasteiger partial charge is 0.230 e. The zero-order valence-electron chi connectivity index (χ0n) is 14.6. The summed E-state index contributed by atoms with van der Waals surface area (Å²) >= 11 is 3.14. The first-order valence-electron chi connectivity index (χ1n) is 8.48. The fraction of sp³-hybridized carbons (Fsp3) is 0.316. The number of aromatic nitrogens is 2. The van der Waals surface area contributed by atoms with E-state index < -0.39 is 0 Å². The predicted molar refractivity (Wildman–Crippen MR) is 105 cm³/mol. The molecule has 0 saturated heterocycles. The minimum absolute atomic E-state index is 0.00333. The van der Waals surface area contributed by atoms with Gasteiger partial charge in [-0.15, -0.1) is 11.3 Å². The highest BCUT2D eigenvalue weighted by Gasteiger charge is 2.23. The van der Waals surface area contributed by atoms with Crippen molar-refractivity contribution in [1.29, 1.82) is 0 Å². The van der Waals surface area contributed by atoms with Crippen molar-refractivity contribution < 1.29 is 9.53 Å². The molecule has 1 aliphatic rings. The number of para-hydroxylation sites is 1. The molecule has 0 aliphatic carbocycles. The minimum atomic E-state index is 0.00333. The number of carbonyl (C=O) groups excluding carboxylic acids is 1. The van der Waals surface area contributed by atoms with Gasteiger partial charge in [0.2, 0.25) is 5.91 Å². The maximum absolute atomic E-state index is 12.5. The Hall–Kier alpha value is -2.12. The lowest BCUT2D eigenvalue weighted by atomic mass is 10.0. The van der Waals surface area contributed by atoms with Gasteiger partial charge in [0.05, 0.1) is 18.4 Å². The second-order valence-corrected chi connectivity index (χ2v) is 8.39. The zero-order chi connectivity index (χ0) is 18.1. The summed E-state index contributed by atoms with van der Waals surface area (Å²) < 4.78 is 5.66. The van der Waals surface area contributed by atoms with Gasteiger partial charge in [-0.1, -0.05) is 30.0 Å². The number of thiophene rings is 1. The van der Waals surface area contributed by atoms with Crippen LogP contribution in [-0.2, 0) is 4.79 Å². The lowest BCUT2D eigenvalue weighted by Gasteiger charge is -2.26. The van der Waals surface area contributed by atoms with Gasteiger partial charge in [0, 0.05) is 22.2 Å². The molecule has 5 nitrogen and oxygen atoms in total. The molecule has 26 heavy (non-hydrogen) atoms. The number of ether oxygens (including phenoxy) is 1. The van der Waals surface area contributed by atoms with E-state index in [4.69, 9.17) is 4.74 Å². The minimum Gasteiger partial charge on any atom is -0.493 e. The Morgan fingerprint density at radius 3 is 3.08 bits per heavy atom. The van der Waals surface area contributed by atoms with Gasteiger partial charge in [0.1, 0.15) is 21.9 Å². The van der Waals surface area contributed by atoms with Crippen LogP contribution in [0.3, 0.4) is 0 Å². The average molecular weight is 386 g/mol. The van der Waals surface area contributed by atoms with Gasteiger partial charge in [-0.3, -0.25) is 4.79 Å². The van der Waals surface area contributed by atoms with Crippen LogP contribution in [0.25, 0.3) is 10.2 Å². The number of nitrogens with zero attached hydrogens (tertiary/aromatic N) is 2. The number of rotatable bonds is 4. The molecule has 1 aromatic carbocycles. The summed E-state index contributed by atoms with van der Waals surface area (Å²) in [7, 11) is 0. The van der Waals surface area contributed by atoms with E-state index in [0.29, 0.717) is 12.4 Å². The molecule has 2 aromatic heterocycles. The number of amides is 1. The molecule has 0 saturated carbocycles. The third-order valence-electron chi connectivity index (χ3n) is 4.56. The predicted octanol–water partition coefficient (Wildman–Crippen LogP) is 4.04. The molecular weight excluding hydrogens is 366 g/mol. The van der Waals surface area contributed by atoms with Crippen LogP contribution in [0, 0.1) is 13.8 Å². The summed E-state index contributed by atoms with van der Waals surface area (Å²) in [6.07, 6.45) is 2.36. The van der Waals surface area contributed by atoms with Crippen molar-refractivity contribution in [2.75, 3.05) is 12.4 Å². The number of benzene rings is 1. The second-order valence-electron chi connectivity index (χ2n) is 6.23. The van der Waals surface area contributed by atoms with Gasteiger partial charge in [0.25, 0.3) is 0 Å². The standard InChI is InChI=1S/C19H19N3O2S2/c1-11-12(2)26-19-17(11)18(20-10-21-19)25-9-16(23)22-14-7-8-24-15-6-4-3-5-13(14)15/h3-6,10,14H,7-9H2,1-2H3,(H,22,23). The lowest BCUT2D eigenvalue weighted by molar-refractivity contribution is -0.119. The van der Waals surface area contributed by atoms with Gasteiger partial charge < -0.3 is 10.1 Å². The molecule has 1 amide bonds. The van der Waals surface area contributed by atoms with E-state index in [2.05, 4.69) is 29.1 Å². The fourth-order valence-corrected chi connectivity index (χ4v) is 5.05. The summed E-state index contributed by atoms with van der Waals surface area (Å²) in [5.41, 5.74) is 2.25. The molecular formula is C19H19N3O2S2. The number of thioether (sulfide) groups is 1. The van der Waals surface area contributed by atoms with Crippen molar-refractivity contribution in [2.24, 2.45) is 0 Å². The molecule has 4 rings (SSSR count). The van der Waals surface area contributed by atoms with E-state index in [1.165, 1.54) is 22.2 Å². The molecule has 0 fully saturated rings. The first kappa shape index (κ1) is 17.3. The monoisotopic (exact) mass is 385 g/mol. The first-order valence-corrected chi connectivity index (χ1v) is 10.3. The largest absolute Gasteiger partial charge is 0.493 e. The van der Waals surface area contributed by atoms with E-state index >= 15 is 0 Å². The van der Waals surface area contributed by atoms with Gasteiger partial charge in [-0.05, 0) is 25.5 Å².